The third-order valence-electron chi connectivity index (χ3n) is 6.25. The van der Waals surface area contributed by atoms with Crippen LogP contribution in [-0.4, -0.2) is 35.2 Å². The van der Waals surface area contributed by atoms with Gasteiger partial charge < -0.3 is 5.32 Å². The van der Waals surface area contributed by atoms with Gasteiger partial charge in [-0.2, -0.15) is 0 Å². The molecule has 2 saturated heterocycles. The molecule has 28 heavy (non-hydrogen) atoms. The van der Waals surface area contributed by atoms with Crippen molar-refractivity contribution >= 4 is 35.0 Å². The number of halogens is 1. The van der Waals surface area contributed by atoms with Crippen molar-refractivity contribution in [3.05, 3.63) is 28.8 Å². The molecule has 1 aromatic carbocycles. The second-order valence-corrected chi connectivity index (χ2v) is 8.90. The molecule has 3 aliphatic heterocycles. The summed E-state index contributed by atoms with van der Waals surface area (Å²) in [6, 6.07) is 5.09. The van der Waals surface area contributed by atoms with Crippen molar-refractivity contribution in [2.45, 2.75) is 51.6 Å². The summed E-state index contributed by atoms with van der Waals surface area (Å²) in [5.41, 5.74) is -0.0272. The molecule has 1 spiro atoms. The number of imide groups is 1. The molecule has 3 amide bonds. The number of fused-ring (bicyclic) bond motifs is 4. The van der Waals surface area contributed by atoms with Crippen molar-refractivity contribution in [2.24, 2.45) is 17.8 Å². The maximum absolute atomic E-state index is 13.4. The summed E-state index contributed by atoms with van der Waals surface area (Å²) in [6.45, 7) is 6.60. The molecule has 4 rings (SSSR count). The first-order valence-corrected chi connectivity index (χ1v) is 10.4. The number of carbonyl (C=O) groups excluding carboxylic acids is 3. The number of unbranched alkanes of at least 4 members (excludes halogenated alkanes) is 1. The Morgan fingerprint density at radius 2 is 1.96 bits per heavy atom. The van der Waals surface area contributed by atoms with E-state index in [4.69, 9.17) is 11.6 Å². The summed E-state index contributed by atoms with van der Waals surface area (Å²) in [5.74, 6) is -1.63. The first kappa shape index (κ1) is 19.4. The fraction of sp³-hybridized carbons (Fsp3) is 0.571. The van der Waals surface area contributed by atoms with Crippen LogP contribution in [0.25, 0.3) is 0 Å². The van der Waals surface area contributed by atoms with Gasteiger partial charge in [-0.25, -0.2) is 0 Å². The molecule has 3 aliphatic rings. The second kappa shape index (κ2) is 6.85. The van der Waals surface area contributed by atoms with Gasteiger partial charge in [-0.1, -0.05) is 50.9 Å². The van der Waals surface area contributed by atoms with Crippen molar-refractivity contribution in [2.75, 3.05) is 11.9 Å². The average molecular weight is 404 g/mol. The van der Waals surface area contributed by atoms with E-state index >= 15 is 0 Å². The molecule has 0 radical (unpaired) electrons. The zero-order chi connectivity index (χ0) is 20.2. The molecular formula is C21H26ClN3O3. The van der Waals surface area contributed by atoms with E-state index in [0.29, 0.717) is 35.2 Å². The van der Waals surface area contributed by atoms with E-state index in [1.54, 1.807) is 12.1 Å². The number of likely N-dealkylation sites (tertiary alicyclic amines) is 1. The minimum absolute atomic E-state index is 0.151. The fourth-order valence-corrected chi connectivity index (χ4v) is 5.32. The molecule has 2 unspecified atom stereocenters. The van der Waals surface area contributed by atoms with Gasteiger partial charge in [0.25, 0.3) is 0 Å². The highest BCUT2D eigenvalue weighted by Crippen LogP contribution is 2.54. The fourth-order valence-electron chi connectivity index (χ4n) is 5.10. The van der Waals surface area contributed by atoms with E-state index in [-0.39, 0.29) is 23.8 Å². The Morgan fingerprint density at radius 3 is 2.64 bits per heavy atom. The molecule has 1 aromatic rings. The molecule has 3 heterocycles. The van der Waals surface area contributed by atoms with Gasteiger partial charge in [-0.05, 0) is 24.8 Å². The molecule has 2 fully saturated rings. The van der Waals surface area contributed by atoms with E-state index in [9.17, 15) is 14.4 Å². The Bertz CT molecular complexity index is 855. The van der Waals surface area contributed by atoms with E-state index in [1.165, 1.54) is 4.90 Å². The highest BCUT2D eigenvalue weighted by molar-refractivity contribution is 6.35. The van der Waals surface area contributed by atoms with Crippen LogP contribution in [0.2, 0.25) is 5.02 Å². The van der Waals surface area contributed by atoms with Crippen LogP contribution in [0.1, 0.15) is 45.6 Å². The second-order valence-electron chi connectivity index (χ2n) is 8.49. The third-order valence-corrected chi connectivity index (χ3v) is 6.57. The van der Waals surface area contributed by atoms with Crippen molar-refractivity contribution in [3.8, 4) is 0 Å². The van der Waals surface area contributed by atoms with Crippen molar-refractivity contribution in [3.63, 3.8) is 0 Å². The largest absolute Gasteiger partial charge is 0.323 e. The minimum atomic E-state index is -1.24. The Balaban J connectivity index is 1.84. The van der Waals surface area contributed by atoms with Gasteiger partial charge in [0, 0.05) is 18.2 Å². The van der Waals surface area contributed by atoms with Crippen LogP contribution in [0.3, 0.4) is 0 Å². The van der Waals surface area contributed by atoms with E-state index in [0.717, 1.165) is 12.8 Å². The lowest BCUT2D eigenvalue weighted by molar-refractivity contribution is -0.142. The predicted octanol–water partition coefficient (Wildman–Crippen LogP) is 2.91. The van der Waals surface area contributed by atoms with Crippen molar-refractivity contribution in [1.29, 1.82) is 0 Å². The number of benzene rings is 1. The number of nitrogens with zero attached hydrogens (tertiary/aromatic N) is 1. The van der Waals surface area contributed by atoms with E-state index < -0.39 is 17.4 Å². The molecule has 6 nitrogen and oxygen atoms in total. The van der Waals surface area contributed by atoms with E-state index in [1.807, 2.05) is 13.0 Å². The lowest BCUT2D eigenvalue weighted by atomic mass is 9.76. The lowest BCUT2D eigenvalue weighted by Crippen LogP contribution is -2.53. The maximum Gasteiger partial charge on any atom is 0.250 e. The van der Waals surface area contributed by atoms with Crippen molar-refractivity contribution in [1.82, 2.24) is 10.2 Å². The number of para-hydroxylation sites is 1. The molecule has 0 bridgehead atoms. The molecular weight excluding hydrogens is 378 g/mol. The van der Waals surface area contributed by atoms with Crippen molar-refractivity contribution < 1.29 is 14.4 Å². The van der Waals surface area contributed by atoms with Crippen LogP contribution in [0.4, 0.5) is 5.69 Å². The SMILES string of the molecule is CCCCN1C(=O)[C@@H]2C(CC(C)C)NC3(C(=O)Nc4c(Cl)cccc43)[C@@H]2C1=O. The summed E-state index contributed by atoms with van der Waals surface area (Å²) >= 11 is 6.32. The number of rotatable bonds is 5. The van der Waals surface area contributed by atoms with Crippen LogP contribution in [-0.2, 0) is 19.9 Å². The monoisotopic (exact) mass is 403 g/mol. The number of hydrogen-bond donors (Lipinski definition) is 2. The summed E-state index contributed by atoms with van der Waals surface area (Å²) in [4.78, 5) is 41.2. The number of amides is 3. The van der Waals surface area contributed by atoms with Gasteiger partial charge in [-0.3, -0.25) is 24.6 Å². The number of hydrogen-bond acceptors (Lipinski definition) is 4. The molecule has 2 N–H and O–H groups in total. The summed E-state index contributed by atoms with van der Waals surface area (Å²) in [6.07, 6.45) is 2.37. The minimum Gasteiger partial charge on any atom is -0.323 e. The van der Waals surface area contributed by atoms with Gasteiger partial charge >= 0.3 is 0 Å². The van der Waals surface area contributed by atoms with Gasteiger partial charge in [0.05, 0.1) is 22.5 Å². The number of anilines is 1. The highest BCUT2D eigenvalue weighted by Gasteiger charge is 2.70. The Kier molecular flexibility index (Phi) is 4.74. The average Bonchev–Trinajstić information content (AvgIpc) is 3.20. The van der Waals surface area contributed by atoms with Gasteiger partial charge in [0.15, 0.2) is 0 Å². The smallest absolute Gasteiger partial charge is 0.250 e. The van der Waals surface area contributed by atoms with Gasteiger partial charge in [-0.15, -0.1) is 0 Å². The Morgan fingerprint density at radius 1 is 1.21 bits per heavy atom. The Labute approximate surface area is 170 Å². The maximum atomic E-state index is 13.4. The summed E-state index contributed by atoms with van der Waals surface area (Å²) < 4.78 is 0. The number of nitrogens with one attached hydrogen (secondary N) is 2. The number of carbonyl (C=O) groups is 3. The quantitative estimate of drug-likeness (QED) is 0.741. The zero-order valence-electron chi connectivity index (χ0n) is 16.4. The topological polar surface area (TPSA) is 78.5 Å². The lowest BCUT2D eigenvalue weighted by Gasteiger charge is -2.29. The summed E-state index contributed by atoms with van der Waals surface area (Å²) in [5, 5.41) is 6.73. The molecule has 150 valence electrons. The molecule has 7 heteroatoms. The highest BCUT2D eigenvalue weighted by atomic mass is 35.5. The first-order valence-electron chi connectivity index (χ1n) is 10.1. The molecule has 0 aromatic heterocycles. The molecule has 0 aliphatic carbocycles. The van der Waals surface area contributed by atoms with Crippen LogP contribution in [0, 0.1) is 17.8 Å². The van der Waals surface area contributed by atoms with Gasteiger partial charge in [0.1, 0.15) is 5.54 Å². The predicted molar refractivity (Wildman–Crippen MR) is 107 cm³/mol. The zero-order valence-corrected chi connectivity index (χ0v) is 17.2. The van der Waals surface area contributed by atoms with E-state index in [2.05, 4.69) is 24.5 Å². The van der Waals surface area contributed by atoms with Crippen LogP contribution in [0.15, 0.2) is 18.2 Å². The third kappa shape index (κ3) is 2.54. The molecule has 4 atom stereocenters. The first-order chi connectivity index (χ1) is 13.3. The molecule has 0 saturated carbocycles. The van der Waals surface area contributed by atoms with Crippen LogP contribution >= 0.6 is 11.6 Å². The Hall–Kier alpha value is -1.92. The summed E-state index contributed by atoms with van der Waals surface area (Å²) in [7, 11) is 0. The van der Waals surface area contributed by atoms with Gasteiger partial charge in [0.2, 0.25) is 17.7 Å². The standard InChI is InChI=1S/C21H26ClN3O3/c1-4-5-9-25-18(26)15-14(10-11(2)3)24-21(16(15)19(25)27)12-7-6-8-13(22)17(12)23-20(21)28/h6-8,11,14-16,24H,4-5,9-10H2,1-3H3,(H,23,28)/t14?,15-,16+,21?/m1/s1. The van der Waals surface area contributed by atoms with Crippen LogP contribution < -0.4 is 10.6 Å². The van der Waals surface area contributed by atoms with Crippen LogP contribution in [0.5, 0.6) is 0 Å². The normalized spacial score (nSPS) is 31.1.